The number of primary amides is 1. The molecule has 1 atom stereocenters. The van der Waals surface area contributed by atoms with Gasteiger partial charge < -0.3 is 15.8 Å². The van der Waals surface area contributed by atoms with E-state index in [-0.39, 0.29) is 12.4 Å². The highest BCUT2D eigenvalue weighted by Crippen LogP contribution is 2.41. The SMILES string of the molecule is NC(=O)C1COc2c1cc(CCNC=O)nc2-c1ccc(F)cc1. The third kappa shape index (κ3) is 3.05. The van der Waals surface area contributed by atoms with Crippen LogP contribution in [0.25, 0.3) is 11.3 Å². The number of pyridine rings is 1. The number of benzene rings is 1. The van der Waals surface area contributed by atoms with Crippen molar-refractivity contribution < 1.29 is 18.7 Å². The highest BCUT2D eigenvalue weighted by Gasteiger charge is 2.32. The minimum absolute atomic E-state index is 0.163. The molecule has 1 aliphatic heterocycles. The van der Waals surface area contributed by atoms with E-state index in [9.17, 15) is 14.0 Å². The van der Waals surface area contributed by atoms with Crippen molar-refractivity contribution in [3.63, 3.8) is 0 Å². The summed E-state index contributed by atoms with van der Waals surface area (Å²) < 4.78 is 18.8. The van der Waals surface area contributed by atoms with Gasteiger partial charge in [-0.1, -0.05) is 0 Å². The fourth-order valence-corrected chi connectivity index (χ4v) is 2.70. The van der Waals surface area contributed by atoms with E-state index in [2.05, 4.69) is 10.3 Å². The summed E-state index contributed by atoms with van der Waals surface area (Å²) in [5.41, 5.74) is 8.04. The zero-order valence-corrected chi connectivity index (χ0v) is 12.8. The Labute approximate surface area is 137 Å². The van der Waals surface area contributed by atoms with E-state index < -0.39 is 11.8 Å². The summed E-state index contributed by atoms with van der Waals surface area (Å²) in [5.74, 6) is -0.864. The van der Waals surface area contributed by atoms with E-state index in [1.165, 1.54) is 12.1 Å². The van der Waals surface area contributed by atoms with Gasteiger partial charge in [0.15, 0.2) is 0 Å². The normalized spacial score (nSPS) is 15.5. The lowest BCUT2D eigenvalue weighted by Crippen LogP contribution is -2.22. The quantitative estimate of drug-likeness (QED) is 0.614. The molecule has 0 saturated carbocycles. The number of nitrogens with one attached hydrogen (secondary N) is 1. The molecular formula is C17H16FN3O3. The fraction of sp³-hybridized carbons (Fsp3) is 0.235. The summed E-state index contributed by atoms with van der Waals surface area (Å²) in [4.78, 5) is 26.6. The highest BCUT2D eigenvalue weighted by molar-refractivity contribution is 5.85. The van der Waals surface area contributed by atoms with Gasteiger partial charge in [0.25, 0.3) is 0 Å². The molecule has 0 aliphatic carbocycles. The topological polar surface area (TPSA) is 94.3 Å². The maximum atomic E-state index is 13.2. The number of ether oxygens (including phenoxy) is 1. The minimum Gasteiger partial charge on any atom is -0.490 e. The summed E-state index contributed by atoms with van der Waals surface area (Å²) in [6.45, 7) is 0.580. The minimum atomic E-state index is -0.542. The molecule has 24 heavy (non-hydrogen) atoms. The number of fused-ring (bicyclic) bond motifs is 1. The van der Waals surface area contributed by atoms with Crippen molar-refractivity contribution in [2.75, 3.05) is 13.2 Å². The van der Waals surface area contributed by atoms with Crippen LogP contribution in [0.1, 0.15) is 17.2 Å². The van der Waals surface area contributed by atoms with Crippen molar-refractivity contribution in [2.24, 2.45) is 5.73 Å². The average Bonchev–Trinajstić information content (AvgIpc) is 2.99. The van der Waals surface area contributed by atoms with Gasteiger partial charge in [-0.25, -0.2) is 9.37 Å². The van der Waals surface area contributed by atoms with Gasteiger partial charge >= 0.3 is 0 Å². The summed E-state index contributed by atoms with van der Waals surface area (Å²) in [6.07, 6.45) is 1.11. The summed E-state index contributed by atoms with van der Waals surface area (Å²) in [7, 11) is 0. The molecule has 0 radical (unpaired) electrons. The van der Waals surface area contributed by atoms with Crippen LogP contribution >= 0.6 is 0 Å². The fourth-order valence-electron chi connectivity index (χ4n) is 2.70. The van der Waals surface area contributed by atoms with Gasteiger partial charge in [-0.15, -0.1) is 0 Å². The molecule has 3 rings (SSSR count). The van der Waals surface area contributed by atoms with E-state index in [0.29, 0.717) is 47.6 Å². The zero-order valence-electron chi connectivity index (χ0n) is 12.8. The molecule has 124 valence electrons. The van der Waals surface area contributed by atoms with Gasteiger partial charge in [0.05, 0.1) is 0 Å². The molecule has 3 N–H and O–H groups in total. The predicted molar refractivity (Wildman–Crippen MR) is 84.8 cm³/mol. The van der Waals surface area contributed by atoms with Crippen LogP contribution in [0.5, 0.6) is 5.75 Å². The van der Waals surface area contributed by atoms with Gasteiger partial charge in [-0.3, -0.25) is 9.59 Å². The second kappa shape index (κ2) is 6.66. The van der Waals surface area contributed by atoms with E-state index >= 15 is 0 Å². The first-order chi connectivity index (χ1) is 11.6. The van der Waals surface area contributed by atoms with Crippen molar-refractivity contribution in [2.45, 2.75) is 12.3 Å². The summed E-state index contributed by atoms with van der Waals surface area (Å²) in [6, 6.07) is 7.66. The summed E-state index contributed by atoms with van der Waals surface area (Å²) in [5, 5.41) is 2.57. The maximum Gasteiger partial charge on any atom is 0.228 e. The van der Waals surface area contributed by atoms with Crippen molar-refractivity contribution in [1.82, 2.24) is 10.3 Å². The first-order valence-electron chi connectivity index (χ1n) is 7.49. The Hall–Kier alpha value is -2.96. The second-order valence-corrected chi connectivity index (χ2v) is 5.48. The van der Waals surface area contributed by atoms with Crippen LogP contribution in [0.2, 0.25) is 0 Å². The van der Waals surface area contributed by atoms with Crippen molar-refractivity contribution in [1.29, 1.82) is 0 Å². The number of nitrogens with zero attached hydrogens (tertiary/aromatic N) is 1. The number of amides is 2. The molecule has 0 bridgehead atoms. The van der Waals surface area contributed by atoms with Gasteiger partial charge in [-0.2, -0.15) is 0 Å². The molecule has 7 heteroatoms. The Morgan fingerprint density at radius 2 is 2.17 bits per heavy atom. The van der Waals surface area contributed by atoms with Crippen LogP contribution in [-0.2, 0) is 16.0 Å². The molecule has 0 saturated heterocycles. The van der Waals surface area contributed by atoms with Crippen molar-refractivity contribution >= 4 is 12.3 Å². The molecule has 2 amide bonds. The lowest BCUT2D eigenvalue weighted by Gasteiger charge is -2.11. The van der Waals surface area contributed by atoms with Crippen LogP contribution in [-0.4, -0.2) is 30.5 Å². The number of carbonyl (C=O) groups is 2. The molecular weight excluding hydrogens is 313 g/mol. The van der Waals surface area contributed by atoms with E-state index in [1.54, 1.807) is 18.2 Å². The molecule has 2 heterocycles. The molecule has 0 fully saturated rings. The van der Waals surface area contributed by atoms with Gasteiger partial charge in [0.2, 0.25) is 12.3 Å². The number of halogens is 1. The standard InChI is InChI=1S/C17H16FN3O3/c18-11-3-1-10(2-4-11)15-16-13(14(8-24-16)17(19)23)7-12(21-15)5-6-20-9-22/h1-4,7,9,14H,5-6,8H2,(H2,19,23)(H,20,22). The molecule has 1 unspecified atom stereocenters. The van der Waals surface area contributed by atoms with E-state index in [0.717, 1.165) is 0 Å². The van der Waals surface area contributed by atoms with Crippen LogP contribution in [0.3, 0.4) is 0 Å². The van der Waals surface area contributed by atoms with Crippen molar-refractivity contribution in [3.8, 4) is 17.0 Å². The third-order valence-corrected chi connectivity index (χ3v) is 3.89. The first-order valence-corrected chi connectivity index (χ1v) is 7.49. The molecule has 1 aromatic heterocycles. The first kappa shape index (κ1) is 15.9. The second-order valence-electron chi connectivity index (χ2n) is 5.48. The number of hydrogen-bond donors (Lipinski definition) is 2. The van der Waals surface area contributed by atoms with Crippen LogP contribution in [0.15, 0.2) is 30.3 Å². The largest absolute Gasteiger partial charge is 0.490 e. The van der Waals surface area contributed by atoms with Crippen LogP contribution in [0.4, 0.5) is 4.39 Å². The third-order valence-electron chi connectivity index (χ3n) is 3.89. The monoisotopic (exact) mass is 329 g/mol. The number of nitrogens with two attached hydrogens (primary N) is 1. The van der Waals surface area contributed by atoms with E-state index in [1.807, 2.05) is 0 Å². The number of carbonyl (C=O) groups excluding carboxylic acids is 2. The Morgan fingerprint density at radius 3 is 2.83 bits per heavy atom. The van der Waals surface area contributed by atoms with Crippen LogP contribution < -0.4 is 15.8 Å². The Bertz CT molecular complexity index is 777. The highest BCUT2D eigenvalue weighted by atomic mass is 19.1. The molecule has 1 aromatic carbocycles. The maximum absolute atomic E-state index is 13.2. The molecule has 1 aliphatic rings. The Kier molecular flexibility index (Phi) is 4.41. The predicted octanol–water partition coefficient (Wildman–Crippen LogP) is 1.14. The van der Waals surface area contributed by atoms with Gasteiger partial charge in [0, 0.05) is 29.8 Å². The van der Waals surface area contributed by atoms with E-state index in [4.69, 9.17) is 10.5 Å². The summed E-state index contributed by atoms with van der Waals surface area (Å²) >= 11 is 0. The van der Waals surface area contributed by atoms with Gasteiger partial charge in [0.1, 0.15) is 29.8 Å². The Morgan fingerprint density at radius 1 is 1.42 bits per heavy atom. The lowest BCUT2D eigenvalue weighted by atomic mass is 9.97. The number of aromatic nitrogens is 1. The van der Waals surface area contributed by atoms with Gasteiger partial charge in [-0.05, 0) is 30.3 Å². The Balaban J connectivity index is 2.06. The number of hydrogen-bond acceptors (Lipinski definition) is 4. The van der Waals surface area contributed by atoms with Crippen LogP contribution in [0, 0.1) is 5.82 Å². The zero-order chi connectivity index (χ0) is 17.1. The molecule has 6 nitrogen and oxygen atoms in total. The number of rotatable bonds is 6. The smallest absolute Gasteiger partial charge is 0.228 e. The average molecular weight is 329 g/mol. The molecule has 0 spiro atoms. The molecule has 2 aromatic rings. The van der Waals surface area contributed by atoms with Crippen molar-refractivity contribution in [3.05, 3.63) is 47.4 Å². The lowest BCUT2D eigenvalue weighted by molar-refractivity contribution is -0.119.